The summed E-state index contributed by atoms with van der Waals surface area (Å²) >= 11 is 0. The zero-order chi connectivity index (χ0) is 22.4. The maximum atomic E-state index is 13.3. The first-order chi connectivity index (χ1) is 15.4. The van der Waals surface area contributed by atoms with E-state index in [-0.39, 0.29) is 17.6 Å². The molecule has 0 aliphatic carbocycles. The molecule has 3 N–H and O–H groups in total. The number of rotatable bonds is 4. The van der Waals surface area contributed by atoms with Crippen molar-refractivity contribution < 1.29 is 18.4 Å². The van der Waals surface area contributed by atoms with Gasteiger partial charge in [-0.15, -0.1) is 0 Å². The van der Waals surface area contributed by atoms with Crippen molar-refractivity contribution in [2.24, 2.45) is 0 Å². The first-order valence-corrected chi connectivity index (χ1v) is 10.1. The Bertz CT molecular complexity index is 1220. The van der Waals surface area contributed by atoms with E-state index in [2.05, 4.69) is 30.4 Å². The molecule has 5 rings (SSSR count). The first-order valence-electron chi connectivity index (χ1n) is 10.1. The van der Waals surface area contributed by atoms with E-state index >= 15 is 0 Å². The van der Waals surface area contributed by atoms with Crippen LogP contribution in [-0.4, -0.2) is 64.2 Å². The van der Waals surface area contributed by atoms with Gasteiger partial charge in [-0.05, 0) is 37.6 Å². The second kappa shape index (κ2) is 7.70. The molecule has 1 fully saturated rings. The van der Waals surface area contributed by atoms with Crippen LogP contribution in [0.25, 0.3) is 11.0 Å². The highest BCUT2D eigenvalue weighted by Gasteiger charge is 2.40. The molecule has 0 spiro atoms. The molecule has 2 aliphatic heterocycles. The van der Waals surface area contributed by atoms with Crippen LogP contribution in [0.4, 0.5) is 30.9 Å². The van der Waals surface area contributed by atoms with Crippen molar-refractivity contribution in [2.75, 3.05) is 34.9 Å². The van der Waals surface area contributed by atoms with Crippen LogP contribution >= 0.6 is 0 Å². The fraction of sp³-hybridized carbons (Fsp3) is 0.350. The highest BCUT2D eigenvalue weighted by atomic mass is 19.2. The van der Waals surface area contributed by atoms with Crippen LogP contribution in [0.3, 0.4) is 0 Å². The molecule has 12 heteroatoms. The topological polar surface area (TPSA) is 119 Å². The molecule has 0 radical (unpaired) electrons. The summed E-state index contributed by atoms with van der Waals surface area (Å²) in [5.41, 5.74) is 1.95. The summed E-state index contributed by atoms with van der Waals surface area (Å²) in [6.07, 6.45) is -1.40. The minimum absolute atomic E-state index is 0.106. The fourth-order valence-corrected chi connectivity index (χ4v) is 4.11. The highest BCUT2D eigenvalue weighted by Crippen LogP contribution is 2.39. The third kappa shape index (κ3) is 3.37. The highest BCUT2D eigenvalue weighted by molar-refractivity contribution is 6.07. The summed E-state index contributed by atoms with van der Waals surface area (Å²) in [6.45, 7) is 1.88. The number of H-pyrrole nitrogens is 1. The molecule has 10 nitrogen and oxygen atoms in total. The molecule has 0 unspecified atom stereocenters. The summed E-state index contributed by atoms with van der Waals surface area (Å²) in [4.78, 5) is 37.8. The number of halogens is 2. The van der Waals surface area contributed by atoms with Crippen molar-refractivity contribution >= 4 is 40.3 Å². The number of fused-ring (bicyclic) bond motifs is 5. The molecule has 3 aromatic heterocycles. The molecule has 3 aromatic rings. The van der Waals surface area contributed by atoms with E-state index in [9.17, 15) is 18.4 Å². The molecular formula is C20H20F2N8O2. The van der Waals surface area contributed by atoms with Crippen molar-refractivity contribution in [3.8, 4) is 0 Å². The molecule has 166 valence electrons. The lowest BCUT2D eigenvalue weighted by Crippen LogP contribution is -2.48. The third-order valence-corrected chi connectivity index (χ3v) is 5.62. The smallest absolute Gasteiger partial charge is 0.329 e. The van der Waals surface area contributed by atoms with Crippen LogP contribution in [0.15, 0.2) is 24.3 Å². The van der Waals surface area contributed by atoms with Crippen LogP contribution in [0, 0.1) is 6.92 Å². The SMILES string of the molecule is Cc1ccc2c(NC(=O)N3c4nc(C(=O)N[C@@H](F)CF)ccc4N4CC[C@H]3C4)n[nH]c2n1. The molecule has 2 aliphatic rings. The number of hydrogen-bond donors (Lipinski definition) is 3. The van der Waals surface area contributed by atoms with Crippen LogP contribution in [0.1, 0.15) is 22.6 Å². The lowest BCUT2D eigenvalue weighted by molar-refractivity contribution is 0.0869. The number of pyridine rings is 2. The number of urea groups is 1. The predicted octanol–water partition coefficient (Wildman–Crippen LogP) is 2.29. The van der Waals surface area contributed by atoms with Crippen LogP contribution in [0.2, 0.25) is 0 Å². The van der Waals surface area contributed by atoms with E-state index in [0.29, 0.717) is 29.1 Å². The number of nitrogens with zero attached hydrogens (tertiary/aromatic N) is 5. The van der Waals surface area contributed by atoms with Crippen molar-refractivity contribution in [1.82, 2.24) is 25.5 Å². The van der Waals surface area contributed by atoms with Gasteiger partial charge in [-0.1, -0.05) is 0 Å². The minimum atomic E-state index is -2.12. The summed E-state index contributed by atoms with van der Waals surface area (Å²) in [7, 11) is 0. The van der Waals surface area contributed by atoms with E-state index in [4.69, 9.17) is 0 Å². The predicted molar refractivity (Wildman–Crippen MR) is 113 cm³/mol. The molecular weight excluding hydrogens is 422 g/mol. The number of carbonyl (C=O) groups is 2. The van der Waals surface area contributed by atoms with Gasteiger partial charge < -0.3 is 10.2 Å². The standard InChI is InChI=1S/C20H20F2N8O2/c1-10-2-3-12-16(23-10)27-28-17(12)26-20(32)30-11-6-7-29(9-11)14-5-4-13(24-18(14)30)19(31)25-15(22)8-21/h2-5,11,15H,6-9H2,1H3,(H,25,31)(H2,23,26,27,28,32)/t11-,15+/m0/s1. The Morgan fingerprint density at radius 1 is 1.28 bits per heavy atom. The van der Waals surface area contributed by atoms with E-state index in [1.807, 2.05) is 24.4 Å². The molecule has 2 atom stereocenters. The Morgan fingerprint density at radius 2 is 2.12 bits per heavy atom. The van der Waals surface area contributed by atoms with Crippen molar-refractivity contribution in [3.05, 3.63) is 35.7 Å². The number of hydrogen-bond acceptors (Lipinski definition) is 6. The number of aromatic nitrogens is 4. The van der Waals surface area contributed by atoms with E-state index in [1.165, 1.54) is 11.0 Å². The molecule has 3 amide bonds. The van der Waals surface area contributed by atoms with Gasteiger partial charge in [0.25, 0.3) is 5.91 Å². The number of nitrogens with one attached hydrogen (secondary N) is 3. The maximum Gasteiger partial charge on any atom is 0.329 e. The normalized spacial score (nSPS) is 17.9. The van der Waals surface area contributed by atoms with Gasteiger partial charge >= 0.3 is 6.03 Å². The average Bonchev–Trinajstić information content (AvgIpc) is 3.38. The Morgan fingerprint density at radius 3 is 2.94 bits per heavy atom. The van der Waals surface area contributed by atoms with Crippen LogP contribution < -0.4 is 20.4 Å². The summed E-state index contributed by atoms with van der Waals surface area (Å²) in [6, 6.07) is 6.13. The number of aromatic amines is 1. The monoisotopic (exact) mass is 442 g/mol. The van der Waals surface area contributed by atoms with Gasteiger partial charge in [-0.2, -0.15) is 5.10 Å². The first kappa shape index (κ1) is 20.1. The maximum absolute atomic E-state index is 13.3. The molecule has 5 heterocycles. The van der Waals surface area contributed by atoms with E-state index < -0.39 is 24.9 Å². The molecule has 1 saturated heterocycles. The second-order valence-electron chi connectivity index (χ2n) is 7.74. The molecule has 0 saturated carbocycles. The molecule has 0 aromatic carbocycles. The van der Waals surface area contributed by atoms with Gasteiger partial charge in [-0.3, -0.25) is 20.1 Å². The summed E-state index contributed by atoms with van der Waals surface area (Å²) < 4.78 is 25.7. The van der Waals surface area contributed by atoms with Gasteiger partial charge in [0.05, 0.1) is 17.1 Å². The fourth-order valence-electron chi connectivity index (χ4n) is 4.11. The largest absolute Gasteiger partial charge is 0.366 e. The summed E-state index contributed by atoms with van der Waals surface area (Å²) in [5, 5.41) is 12.3. The molecule has 2 bridgehead atoms. The summed E-state index contributed by atoms with van der Waals surface area (Å²) in [5.74, 6) is -0.240. The van der Waals surface area contributed by atoms with Crippen molar-refractivity contribution in [1.29, 1.82) is 0 Å². The van der Waals surface area contributed by atoms with E-state index in [1.54, 1.807) is 6.07 Å². The van der Waals surface area contributed by atoms with Gasteiger partial charge in [0.1, 0.15) is 12.4 Å². The van der Waals surface area contributed by atoms with E-state index in [0.717, 1.165) is 18.7 Å². The van der Waals surface area contributed by atoms with Crippen LogP contribution in [0.5, 0.6) is 0 Å². The van der Waals surface area contributed by atoms with Gasteiger partial charge in [-0.25, -0.2) is 23.5 Å². The quantitative estimate of drug-likeness (QED) is 0.534. The number of anilines is 3. The van der Waals surface area contributed by atoms with Crippen molar-refractivity contribution in [2.45, 2.75) is 25.7 Å². The number of aryl methyl sites for hydroxylation is 1. The number of amides is 3. The average molecular weight is 442 g/mol. The lowest BCUT2D eigenvalue weighted by atomic mass is 10.1. The zero-order valence-corrected chi connectivity index (χ0v) is 17.1. The Hall–Kier alpha value is -3.83. The molecule has 32 heavy (non-hydrogen) atoms. The van der Waals surface area contributed by atoms with Gasteiger partial charge in [0.2, 0.25) is 6.30 Å². The van der Waals surface area contributed by atoms with Gasteiger partial charge in [0.15, 0.2) is 17.3 Å². The second-order valence-corrected chi connectivity index (χ2v) is 7.74. The zero-order valence-electron chi connectivity index (χ0n) is 17.1. The Balaban J connectivity index is 1.47. The Labute approximate surface area is 181 Å². The third-order valence-electron chi connectivity index (χ3n) is 5.62. The number of alkyl halides is 2. The number of carbonyl (C=O) groups excluding carboxylic acids is 2. The lowest BCUT2D eigenvalue weighted by Gasteiger charge is -2.35. The Kier molecular flexibility index (Phi) is 4.83. The van der Waals surface area contributed by atoms with Gasteiger partial charge in [0, 0.05) is 18.8 Å². The van der Waals surface area contributed by atoms with Crippen LogP contribution in [-0.2, 0) is 0 Å². The minimum Gasteiger partial charge on any atom is -0.366 e. The van der Waals surface area contributed by atoms with Crippen molar-refractivity contribution in [3.63, 3.8) is 0 Å².